The van der Waals surface area contributed by atoms with E-state index in [-0.39, 0.29) is 0 Å². The van der Waals surface area contributed by atoms with Gasteiger partial charge in [0.25, 0.3) is 0 Å². The van der Waals surface area contributed by atoms with Gasteiger partial charge in [0.1, 0.15) is 5.01 Å². The predicted molar refractivity (Wildman–Crippen MR) is 74.6 cm³/mol. The van der Waals surface area contributed by atoms with Gasteiger partial charge in [-0.3, -0.25) is 0 Å². The summed E-state index contributed by atoms with van der Waals surface area (Å²) in [6.07, 6.45) is 4.78. The Bertz CT molecular complexity index is 399. The lowest BCUT2D eigenvalue weighted by Crippen LogP contribution is -1.89. The fourth-order valence-corrected chi connectivity index (χ4v) is 3.10. The molecule has 5 heteroatoms. The first kappa shape index (κ1) is 14.3. The molecule has 0 aliphatic rings. The number of carboxylic acid groups (broad SMARTS) is 1. The average Bonchev–Trinajstić information content (AvgIpc) is 2.67. The molecule has 94 valence electrons. The fraction of sp³-hybridized carbons (Fsp3) is 0.500. The zero-order chi connectivity index (χ0) is 12.7. The van der Waals surface area contributed by atoms with E-state index in [4.69, 9.17) is 5.11 Å². The van der Waals surface area contributed by atoms with Crippen LogP contribution in [0.1, 0.15) is 35.8 Å². The van der Waals surface area contributed by atoms with E-state index in [1.807, 2.05) is 11.8 Å². The van der Waals surface area contributed by atoms with Crippen LogP contribution < -0.4 is 0 Å². The van der Waals surface area contributed by atoms with Crippen LogP contribution in [0.2, 0.25) is 0 Å². The Morgan fingerprint density at radius 3 is 2.88 bits per heavy atom. The summed E-state index contributed by atoms with van der Waals surface area (Å²) in [5.74, 6) is 1.08. The molecule has 1 rings (SSSR count). The number of rotatable bonds is 7. The minimum atomic E-state index is -0.912. The van der Waals surface area contributed by atoms with Crippen molar-refractivity contribution >= 4 is 35.1 Å². The minimum Gasteiger partial charge on any atom is -0.478 e. The van der Waals surface area contributed by atoms with Gasteiger partial charge in [0, 0.05) is 11.8 Å². The number of aliphatic carboxylic acids is 1. The van der Waals surface area contributed by atoms with Gasteiger partial charge in [0.2, 0.25) is 0 Å². The lowest BCUT2D eigenvalue weighted by molar-refractivity contribution is -0.131. The first-order chi connectivity index (χ1) is 8.17. The van der Waals surface area contributed by atoms with Crippen LogP contribution in [0.3, 0.4) is 0 Å². The van der Waals surface area contributed by atoms with Gasteiger partial charge in [-0.2, -0.15) is 11.8 Å². The van der Waals surface area contributed by atoms with Gasteiger partial charge in [-0.1, -0.05) is 20.3 Å². The molecule has 1 aromatic rings. The molecule has 0 aliphatic heterocycles. The molecule has 0 bridgehead atoms. The average molecular weight is 271 g/mol. The van der Waals surface area contributed by atoms with Gasteiger partial charge in [-0.25, -0.2) is 9.78 Å². The summed E-state index contributed by atoms with van der Waals surface area (Å²) in [5, 5.41) is 9.73. The number of carbonyl (C=O) groups is 1. The summed E-state index contributed by atoms with van der Waals surface area (Å²) in [4.78, 5) is 16.1. The molecule has 0 aromatic carbocycles. The van der Waals surface area contributed by atoms with E-state index in [0.29, 0.717) is 0 Å². The van der Waals surface area contributed by atoms with Gasteiger partial charge in [-0.15, -0.1) is 11.3 Å². The number of hydrogen-bond acceptors (Lipinski definition) is 4. The highest BCUT2D eigenvalue weighted by molar-refractivity contribution is 7.98. The van der Waals surface area contributed by atoms with Crippen LogP contribution in [0.25, 0.3) is 6.08 Å². The maximum absolute atomic E-state index is 10.5. The van der Waals surface area contributed by atoms with Crippen molar-refractivity contribution in [1.29, 1.82) is 0 Å². The van der Waals surface area contributed by atoms with E-state index < -0.39 is 5.97 Å². The molecule has 0 saturated carbocycles. The molecule has 3 nitrogen and oxygen atoms in total. The molecule has 0 amide bonds. The lowest BCUT2D eigenvalue weighted by Gasteiger charge is -1.93. The lowest BCUT2D eigenvalue weighted by atomic mass is 10.2. The number of aromatic nitrogens is 1. The fourth-order valence-electron chi connectivity index (χ4n) is 1.36. The Hall–Kier alpha value is -0.810. The number of hydrogen-bond donors (Lipinski definition) is 1. The summed E-state index contributed by atoms with van der Waals surface area (Å²) in [6.45, 7) is 4.22. The van der Waals surface area contributed by atoms with Gasteiger partial charge in [0.15, 0.2) is 0 Å². The highest BCUT2D eigenvalue weighted by Crippen LogP contribution is 2.24. The predicted octanol–water partition coefficient (Wildman–Crippen LogP) is 3.45. The number of nitrogens with zero attached hydrogens (tertiary/aromatic N) is 1. The van der Waals surface area contributed by atoms with E-state index in [1.165, 1.54) is 6.08 Å². The van der Waals surface area contributed by atoms with Crippen LogP contribution in [-0.2, 0) is 17.0 Å². The molecule has 0 unspecified atom stereocenters. The molecule has 0 saturated heterocycles. The Morgan fingerprint density at radius 2 is 2.29 bits per heavy atom. The van der Waals surface area contributed by atoms with Gasteiger partial charge in [0.05, 0.1) is 10.6 Å². The molecule has 0 spiro atoms. The Labute approximate surface area is 110 Å². The van der Waals surface area contributed by atoms with Crippen molar-refractivity contribution in [2.75, 3.05) is 5.75 Å². The summed E-state index contributed by atoms with van der Waals surface area (Å²) < 4.78 is 0. The monoisotopic (exact) mass is 271 g/mol. The van der Waals surface area contributed by atoms with Crippen LogP contribution in [0.4, 0.5) is 0 Å². The third-order valence-corrected chi connectivity index (χ3v) is 4.20. The highest BCUT2D eigenvalue weighted by atomic mass is 32.2. The second kappa shape index (κ2) is 7.50. The maximum Gasteiger partial charge on any atom is 0.328 e. The first-order valence-corrected chi connectivity index (χ1v) is 7.61. The zero-order valence-electron chi connectivity index (χ0n) is 10.1. The summed E-state index contributed by atoms with van der Waals surface area (Å²) in [6, 6.07) is 0. The standard InChI is InChI=1S/C12H17NO2S2/c1-3-5-9-10(6-7-12(14)15)17-11(13-9)8-16-4-2/h6-7H,3-5,8H2,1-2H3,(H,14,15)/b7-6+. The van der Waals surface area contributed by atoms with Crippen LogP contribution in [0.15, 0.2) is 6.08 Å². The Balaban J connectivity index is 2.84. The molecule has 17 heavy (non-hydrogen) atoms. The van der Waals surface area contributed by atoms with E-state index in [2.05, 4.69) is 18.8 Å². The van der Waals surface area contributed by atoms with Crippen LogP contribution in [-0.4, -0.2) is 21.8 Å². The second-order valence-electron chi connectivity index (χ2n) is 3.48. The maximum atomic E-state index is 10.5. The van der Waals surface area contributed by atoms with E-state index in [9.17, 15) is 4.79 Å². The van der Waals surface area contributed by atoms with Gasteiger partial charge >= 0.3 is 5.97 Å². The third-order valence-electron chi connectivity index (χ3n) is 2.07. The van der Waals surface area contributed by atoms with Crippen molar-refractivity contribution in [2.45, 2.75) is 32.4 Å². The second-order valence-corrected chi connectivity index (χ2v) is 5.87. The van der Waals surface area contributed by atoms with Gasteiger partial charge < -0.3 is 5.11 Å². The smallest absolute Gasteiger partial charge is 0.328 e. The van der Waals surface area contributed by atoms with E-state index in [1.54, 1.807) is 17.4 Å². The third kappa shape index (κ3) is 4.91. The number of aryl methyl sites for hydroxylation is 1. The number of thiazole rings is 1. The van der Waals surface area contributed by atoms with Crippen molar-refractivity contribution in [3.8, 4) is 0 Å². The van der Waals surface area contributed by atoms with Crippen LogP contribution >= 0.6 is 23.1 Å². The highest BCUT2D eigenvalue weighted by Gasteiger charge is 2.08. The normalized spacial score (nSPS) is 11.2. The van der Waals surface area contributed by atoms with Crippen molar-refractivity contribution in [3.05, 3.63) is 21.7 Å². The van der Waals surface area contributed by atoms with Gasteiger partial charge in [-0.05, 0) is 18.2 Å². The SMILES string of the molecule is CCCc1nc(CSCC)sc1/C=C/C(=O)O. The Morgan fingerprint density at radius 1 is 1.53 bits per heavy atom. The quantitative estimate of drug-likeness (QED) is 0.772. The molecule has 0 radical (unpaired) electrons. The Kier molecular flexibility index (Phi) is 6.29. The minimum absolute atomic E-state index is 0.909. The molecular weight excluding hydrogens is 254 g/mol. The van der Waals surface area contributed by atoms with Crippen molar-refractivity contribution in [1.82, 2.24) is 4.98 Å². The molecule has 1 heterocycles. The number of carboxylic acids is 1. The van der Waals surface area contributed by atoms with Crippen molar-refractivity contribution in [3.63, 3.8) is 0 Å². The first-order valence-electron chi connectivity index (χ1n) is 5.64. The summed E-state index contributed by atoms with van der Waals surface area (Å²) in [7, 11) is 0. The summed E-state index contributed by atoms with van der Waals surface area (Å²) >= 11 is 3.43. The van der Waals surface area contributed by atoms with Crippen LogP contribution in [0.5, 0.6) is 0 Å². The van der Waals surface area contributed by atoms with Crippen LogP contribution in [0, 0.1) is 0 Å². The van der Waals surface area contributed by atoms with Crippen molar-refractivity contribution < 1.29 is 9.90 Å². The molecule has 0 aliphatic carbocycles. The molecule has 0 fully saturated rings. The van der Waals surface area contributed by atoms with E-state index >= 15 is 0 Å². The van der Waals surface area contributed by atoms with Crippen molar-refractivity contribution in [2.24, 2.45) is 0 Å². The molecular formula is C12H17NO2S2. The molecule has 0 atom stereocenters. The molecule has 1 N–H and O–H groups in total. The zero-order valence-corrected chi connectivity index (χ0v) is 11.7. The largest absolute Gasteiger partial charge is 0.478 e. The topological polar surface area (TPSA) is 50.2 Å². The van der Waals surface area contributed by atoms with E-state index in [0.717, 1.165) is 39.9 Å². The number of thioether (sulfide) groups is 1. The molecule has 1 aromatic heterocycles. The summed E-state index contributed by atoms with van der Waals surface area (Å²) in [5.41, 5.74) is 1.03.